The molecule has 0 spiro atoms. The number of carbonyl (C=O) groups is 1. The van der Waals surface area contributed by atoms with Crippen LogP contribution in [0.3, 0.4) is 0 Å². The molecule has 0 saturated carbocycles. The van der Waals surface area contributed by atoms with Gasteiger partial charge in [0.05, 0.1) is 6.54 Å². The third kappa shape index (κ3) is 7.53. The predicted octanol–water partition coefficient (Wildman–Crippen LogP) is 2.78. The van der Waals surface area contributed by atoms with Crippen molar-refractivity contribution >= 4 is 31.1 Å². The molecule has 220 valence electrons. The molecule has 11 heteroatoms. The topological polar surface area (TPSA) is 111 Å². The number of carbonyl (C=O) groups excluding carboxylic acids is 1. The molecule has 2 N–H and O–H groups in total. The van der Waals surface area contributed by atoms with Crippen LogP contribution in [0, 0.1) is 0 Å². The molecule has 0 aliphatic carbocycles. The first kappa shape index (κ1) is 33.6. The van der Waals surface area contributed by atoms with Crippen LogP contribution in [0.2, 0.25) is 18.1 Å². The number of nitrogens with zero attached hydrogens (tertiary/aromatic N) is 3. The summed E-state index contributed by atoms with van der Waals surface area (Å²) in [4.78, 5) is 46.8. The molecule has 0 atom stereocenters. The van der Waals surface area contributed by atoms with Gasteiger partial charge < -0.3 is 16.2 Å². The van der Waals surface area contributed by atoms with Crippen molar-refractivity contribution in [3.63, 3.8) is 0 Å². The van der Waals surface area contributed by atoms with Crippen molar-refractivity contribution < 1.29 is 40.2 Å². The fraction of sp³-hybridized carbons (Fsp3) is 0.419. The molecule has 4 aromatic rings. The zero-order valence-corrected chi connectivity index (χ0v) is 29.1. The minimum Gasteiger partial charge on any atom is -1.00 e. The van der Waals surface area contributed by atoms with Crippen LogP contribution in [-0.4, -0.2) is 33.3 Å². The minimum atomic E-state index is -2.15. The number of H-pyrrole nitrogens is 1. The number of unbranched alkanes of at least 4 members (excludes halogenated alkanes) is 1. The molecule has 2 heterocycles. The van der Waals surface area contributed by atoms with E-state index < -0.39 is 13.9 Å². The Bertz CT molecular complexity index is 1670. The number of rotatable bonds is 10. The number of benzene rings is 2. The maximum Gasteiger partial charge on any atom is 1.00 e. The van der Waals surface area contributed by atoms with Gasteiger partial charge in [-0.3, -0.25) is 18.7 Å². The van der Waals surface area contributed by atoms with E-state index in [-0.39, 0.29) is 54.2 Å². The number of imidazole rings is 1. The van der Waals surface area contributed by atoms with E-state index in [0.29, 0.717) is 41.4 Å². The van der Waals surface area contributed by atoms with Gasteiger partial charge in [0.1, 0.15) is 17.1 Å². The van der Waals surface area contributed by atoms with Crippen LogP contribution in [0.1, 0.15) is 65.8 Å². The molecule has 2 aromatic heterocycles. The number of hydrogen-bond acceptors (Lipinski definition) is 5. The predicted molar refractivity (Wildman–Crippen MR) is 168 cm³/mol. The zero-order valence-electron chi connectivity index (χ0n) is 27.1. The molecule has 0 saturated heterocycles. The summed E-state index contributed by atoms with van der Waals surface area (Å²) < 4.78 is 9.50. The van der Waals surface area contributed by atoms with Gasteiger partial charge in [0.25, 0.3) is 5.56 Å². The number of hydrogen-bond donors (Lipinski definition) is 2. The maximum atomic E-state index is 13.8. The molecule has 42 heavy (non-hydrogen) atoms. The minimum absolute atomic E-state index is 0. The van der Waals surface area contributed by atoms with Crippen LogP contribution >= 0.6 is 0 Å². The normalized spacial score (nSPS) is 11.8. The van der Waals surface area contributed by atoms with Gasteiger partial charge in [0.2, 0.25) is 14.2 Å². The van der Waals surface area contributed by atoms with E-state index in [0.717, 1.165) is 24.0 Å². The zero-order chi connectivity index (χ0) is 29.9. The second-order valence-corrected chi connectivity index (χ2v) is 16.8. The first-order chi connectivity index (χ1) is 19.3. The SMILES string of the molecule is CCCCn1c(=O)n(Cc2ccccc2O[Si](C)(C)C(C)(C)C)c(=O)c2[nH]c(Cc3ccc(NC(C)=O)cc3)nc21.[H-].[Na+]. The number of nitrogens with one attached hydrogen (secondary N) is 2. The van der Waals surface area contributed by atoms with Gasteiger partial charge in [0, 0.05) is 31.1 Å². The van der Waals surface area contributed by atoms with E-state index in [1.54, 1.807) is 4.57 Å². The van der Waals surface area contributed by atoms with Crippen LogP contribution in [0.5, 0.6) is 5.75 Å². The molecule has 0 fully saturated rings. The number of aromatic amines is 1. The molecule has 0 radical (unpaired) electrons. The van der Waals surface area contributed by atoms with E-state index in [4.69, 9.17) is 9.41 Å². The maximum absolute atomic E-state index is 13.8. The van der Waals surface area contributed by atoms with Crippen molar-refractivity contribution in [2.75, 3.05) is 5.32 Å². The van der Waals surface area contributed by atoms with E-state index in [1.165, 1.54) is 11.5 Å². The summed E-state index contributed by atoms with van der Waals surface area (Å²) in [5.74, 6) is 1.16. The van der Waals surface area contributed by atoms with Gasteiger partial charge in [-0.1, -0.05) is 64.4 Å². The van der Waals surface area contributed by atoms with Crippen molar-refractivity contribution in [1.82, 2.24) is 19.1 Å². The molecule has 1 amide bonds. The summed E-state index contributed by atoms with van der Waals surface area (Å²) in [6.45, 7) is 15.0. The Hall–Kier alpha value is -2.92. The monoisotopic (exact) mass is 599 g/mol. The Morgan fingerprint density at radius 2 is 1.74 bits per heavy atom. The first-order valence-electron chi connectivity index (χ1n) is 14.2. The van der Waals surface area contributed by atoms with Gasteiger partial charge in [-0.2, -0.15) is 0 Å². The van der Waals surface area contributed by atoms with E-state index in [9.17, 15) is 14.4 Å². The summed E-state index contributed by atoms with van der Waals surface area (Å²) in [5.41, 5.74) is 2.36. The smallest absolute Gasteiger partial charge is 1.00 e. The van der Waals surface area contributed by atoms with Crippen molar-refractivity contribution in [3.05, 3.63) is 86.3 Å². The Morgan fingerprint density at radius 3 is 2.36 bits per heavy atom. The number of para-hydroxylation sites is 1. The molecule has 2 aromatic carbocycles. The van der Waals surface area contributed by atoms with E-state index in [2.05, 4.69) is 51.1 Å². The standard InChI is InChI=1S/C31H41N5O4Si.Na.H/c1-8-9-18-35-28-27(33-26(34-28)19-22-14-16-24(17-15-22)32-21(2)37)29(38)36(30(35)39)20-23-12-10-11-13-25(23)40-41(6,7)31(3,4)5;;/h10-17H,8-9,18-20H2,1-7H3,(H,32,37)(H,33,34);;/q;+1;-1. The van der Waals surface area contributed by atoms with Crippen LogP contribution in [0.15, 0.2) is 58.1 Å². The third-order valence-corrected chi connectivity index (χ3v) is 12.1. The summed E-state index contributed by atoms with van der Waals surface area (Å²) in [5, 5.41) is 2.76. The van der Waals surface area contributed by atoms with Gasteiger partial charge >= 0.3 is 35.2 Å². The quantitative estimate of drug-likeness (QED) is 0.273. The van der Waals surface area contributed by atoms with Crippen molar-refractivity contribution in [1.29, 1.82) is 0 Å². The molecular weight excluding hydrogens is 557 g/mol. The number of anilines is 1. The van der Waals surface area contributed by atoms with E-state index in [1.807, 2.05) is 48.5 Å². The molecule has 0 aliphatic heterocycles. The second-order valence-electron chi connectivity index (χ2n) is 12.1. The summed E-state index contributed by atoms with van der Waals surface area (Å²) in [7, 11) is -2.15. The molecule has 0 unspecified atom stereocenters. The van der Waals surface area contributed by atoms with Gasteiger partial charge in [-0.15, -0.1) is 0 Å². The Kier molecular flexibility index (Phi) is 10.9. The number of aromatic nitrogens is 4. The number of amides is 1. The largest absolute Gasteiger partial charge is 1.00 e. The van der Waals surface area contributed by atoms with Crippen molar-refractivity contribution in [2.45, 2.75) is 85.1 Å². The van der Waals surface area contributed by atoms with Crippen LogP contribution in [0.25, 0.3) is 11.2 Å². The van der Waals surface area contributed by atoms with Crippen molar-refractivity contribution in [3.8, 4) is 5.75 Å². The fourth-order valence-electron chi connectivity index (χ4n) is 4.39. The first-order valence-corrected chi connectivity index (χ1v) is 17.1. The van der Waals surface area contributed by atoms with Crippen LogP contribution in [0.4, 0.5) is 5.69 Å². The Labute approximate surface area is 271 Å². The van der Waals surface area contributed by atoms with E-state index >= 15 is 0 Å². The van der Waals surface area contributed by atoms with Crippen LogP contribution < -0.4 is 50.5 Å². The van der Waals surface area contributed by atoms with Gasteiger partial charge in [-0.25, -0.2) is 9.78 Å². The average molecular weight is 600 g/mol. The molecule has 4 rings (SSSR count). The summed E-state index contributed by atoms with van der Waals surface area (Å²) in [6.07, 6.45) is 2.12. The number of aryl methyl sites for hydroxylation is 1. The fourth-order valence-corrected chi connectivity index (χ4v) is 5.45. The molecular formula is C31H42N5NaO4Si. The summed E-state index contributed by atoms with van der Waals surface area (Å²) >= 11 is 0. The Morgan fingerprint density at radius 1 is 1.07 bits per heavy atom. The second kappa shape index (κ2) is 13.6. The average Bonchev–Trinajstić information content (AvgIpc) is 3.31. The van der Waals surface area contributed by atoms with Gasteiger partial charge in [0.15, 0.2) is 5.65 Å². The summed E-state index contributed by atoms with van der Waals surface area (Å²) in [6, 6.07) is 15.1. The van der Waals surface area contributed by atoms with Gasteiger partial charge in [-0.05, 0) is 48.3 Å². The molecule has 0 bridgehead atoms. The van der Waals surface area contributed by atoms with Crippen molar-refractivity contribution in [2.24, 2.45) is 0 Å². The Balaban J connectivity index is 0.00000323. The number of fused-ring (bicyclic) bond motifs is 1. The van der Waals surface area contributed by atoms with Crippen LogP contribution in [-0.2, 0) is 24.3 Å². The molecule has 9 nitrogen and oxygen atoms in total. The molecule has 0 aliphatic rings. The third-order valence-electron chi connectivity index (χ3n) is 7.76.